The minimum absolute atomic E-state index is 0.159. The van der Waals surface area contributed by atoms with Crippen LogP contribution >= 0.6 is 0 Å². The van der Waals surface area contributed by atoms with Gasteiger partial charge in [-0.05, 0) is 44.1 Å². The van der Waals surface area contributed by atoms with Gasteiger partial charge in [0.2, 0.25) is 29.5 Å². The molecule has 0 radical (unpaired) electrons. The molecule has 1 aromatic rings. The van der Waals surface area contributed by atoms with Gasteiger partial charge in [-0.2, -0.15) is 0 Å². The van der Waals surface area contributed by atoms with Crippen LogP contribution in [-0.2, 0) is 30.4 Å². The maximum Gasteiger partial charge on any atom is 0.246 e. The topological polar surface area (TPSA) is 157 Å². The Bertz CT molecular complexity index is 1060. The standard InChI is InChI=1S/C28H39N5O6/c34-23(32-39)14-6-2-5-12-20-24(35)31-28(15-7-8-16-28)27(38)30-21(18-19-10-3-1-4-11-19)26(37)33-17-9-13-22(33)25(36)29-20/h1,3-4,10-11,20-22,39H,2,5-9,12-18H2,(H,29,36)(H,30,38)(H,31,35)(H,32,34)/t20-,21-,22+/m0/s1. The molecule has 3 aliphatic rings. The van der Waals surface area contributed by atoms with E-state index < -0.39 is 35.5 Å². The molecule has 3 fully saturated rings. The van der Waals surface area contributed by atoms with Gasteiger partial charge in [0.25, 0.3) is 0 Å². The number of rotatable bonds is 8. The van der Waals surface area contributed by atoms with Crippen LogP contribution in [0.15, 0.2) is 30.3 Å². The molecule has 3 atom stereocenters. The summed E-state index contributed by atoms with van der Waals surface area (Å²) in [4.78, 5) is 67.3. The summed E-state index contributed by atoms with van der Waals surface area (Å²) >= 11 is 0. The molecule has 39 heavy (non-hydrogen) atoms. The zero-order chi connectivity index (χ0) is 27.8. The van der Waals surface area contributed by atoms with Crippen molar-refractivity contribution in [2.24, 2.45) is 0 Å². The van der Waals surface area contributed by atoms with Crippen molar-refractivity contribution in [3.8, 4) is 0 Å². The quantitative estimate of drug-likeness (QED) is 0.188. The third kappa shape index (κ3) is 6.95. The fraction of sp³-hybridized carbons (Fsp3) is 0.607. The van der Waals surface area contributed by atoms with Gasteiger partial charge in [0.15, 0.2) is 0 Å². The highest BCUT2D eigenvalue weighted by atomic mass is 16.5. The Morgan fingerprint density at radius 2 is 1.69 bits per heavy atom. The highest BCUT2D eigenvalue weighted by Gasteiger charge is 2.47. The Labute approximate surface area is 228 Å². The highest BCUT2D eigenvalue weighted by molar-refractivity contribution is 5.99. The number of unbranched alkanes of at least 4 members (excludes halogenated alkanes) is 2. The number of carbonyl (C=O) groups is 5. The lowest BCUT2D eigenvalue weighted by atomic mass is 9.93. The molecule has 1 aromatic carbocycles. The SMILES string of the molecule is O=C(CCCCC[C@@H]1NC(=O)[C@H]2CCCN2C(=O)[C@H](Cc2ccccc2)NC(=O)C2(CCCC2)NC1=O)NO. The predicted octanol–water partition coefficient (Wildman–Crippen LogP) is 1.09. The lowest BCUT2D eigenvalue weighted by Crippen LogP contribution is -2.65. The van der Waals surface area contributed by atoms with Crippen molar-refractivity contribution in [2.75, 3.05) is 6.54 Å². The third-order valence-corrected chi connectivity index (χ3v) is 8.13. The number of nitrogens with one attached hydrogen (secondary N) is 4. The van der Waals surface area contributed by atoms with E-state index in [1.165, 1.54) is 0 Å². The summed E-state index contributed by atoms with van der Waals surface area (Å²) in [6, 6.07) is 7.01. The smallest absolute Gasteiger partial charge is 0.246 e. The van der Waals surface area contributed by atoms with Crippen molar-refractivity contribution >= 4 is 29.5 Å². The second-order valence-corrected chi connectivity index (χ2v) is 10.9. The fourth-order valence-electron chi connectivity index (χ4n) is 5.96. The molecule has 11 nitrogen and oxygen atoms in total. The van der Waals surface area contributed by atoms with Crippen molar-refractivity contribution in [1.82, 2.24) is 26.3 Å². The molecular weight excluding hydrogens is 502 g/mol. The second kappa shape index (κ2) is 13.1. The van der Waals surface area contributed by atoms with Crippen molar-refractivity contribution in [3.63, 3.8) is 0 Å². The summed E-state index contributed by atoms with van der Waals surface area (Å²) in [5, 5.41) is 17.5. The average molecular weight is 542 g/mol. The van der Waals surface area contributed by atoms with E-state index in [2.05, 4.69) is 16.0 Å². The molecule has 5 N–H and O–H groups in total. The van der Waals surface area contributed by atoms with E-state index in [4.69, 9.17) is 5.21 Å². The first-order valence-electron chi connectivity index (χ1n) is 14.0. The van der Waals surface area contributed by atoms with Crippen LogP contribution in [0.4, 0.5) is 0 Å². The molecule has 2 aliphatic heterocycles. The van der Waals surface area contributed by atoms with Crippen molar-refractivity contribution in [1.29, 1.82) is 0 Å². The zero-order valence-corrected chi connectivity index (χ0v) is 22.2. The molecule has 4 rings (SSSR count). The average Bonchev–Trinajstić information content (AvgIpc) is 3.62. The third-order valence-electron chi connectivity index (χ3n) is 8.13. The first-order valence-corrected chi connectivity index (χ1v) is 14.0. The summed E-state index contributed by atoms with van der Waals surface area (Å²) in [6.45, 7) is 0.410. The van der Waals surface area contributed by atoms with E-state index >= 15 is 0 Å². The normalized spacial score (nSPS) is 25.3. The summed E-state index contributed by atoms with van der Waals surface area (Å²) in [6.07, 6.45) is 6.07. The molecule has 212 valence electrons. The summed E-state index contributed by atoms with van der Waals surface area (Å²) in [5.41, 5.74) is 1.35. The molecule has 0 unspecified atom stereocenters. The number of carbonyl (C=O) groups excluding carboxylic acids is 5. The summed E-state index contributed by atoms with van der Waals surface area (Å²) < 4.78 is 0. The van der Waals surface area contributed by atoms with Crippen molar-refractivity contribution < 1.29 is 29.2 Å². The minimum Gasteiger partial charge on any atom is -0.343 e. The van der Waals surface area contributed by atoms with Gasteiger partial charge in [-0.15, -0.1) is 0 Å². The Morgan fingerprint density at radius 3 is 2.41 bits per heavy atom. The van der Waals surface area contributed by atoms with Gasteiger partial charge in [0.05, 0.1) is 0 Å². The largest absolute Gasteiger partial charge is 0.343 e. The van der Waals surface area contributed by atoms with Gasteiger partial charge < -0.3 is 20.9 Å². The molecule has 5 amide bonds. The van der Waals surface area contributed by atoms with Gasteiger partial charge in [0.1, 0.15) is 23.7 Å². The Balaban J connectivity index is 1.57. The number of hydrogen-bond acceptors (Lipinski definition) is 6. The lowest BCUT2D eigenvalue weighted by Gasteiger charge is -2.36. The number of hydrogen-bond donors (Lipinski definition) is 5. The first-order chi connectivity index (χ1) is 18.8. The van der Waals surface area contributed by atoms with Gasteiger partial charge in [0, 0.05) is 19.4 Å². The van der Waals surface area contributed by atoms with Crippen LogP contribution in [0.1, 0.15) is 76.2 Å². The van der Waals surface area contributed by atoms with E-state index in [1.54, 1.807) is 10.4 Å². The first kappa shape index (κ1) is 28.5. The molecule has 0 aromatic heterocycles. The van der Waals surface area contributed by atoms with Crippen LogP contribution in [-0.4, -0.2) is 69.9 Å². The van der Waals surface area contributed by atoms with Gasteiger partial charge in [-0.1, -0.05) is 56.0 Å². The maximum atomic E-state index is 13.8. The fourth-order valence-corrected chi connectivity index (χ4v) is 5.96. The summed E-state index contributed by atoms with van der Waals surface area (Å²) in [5.74, 6) is -1.91. The van der Waals surface area contributed by atoms with Gasteiger partial charge in [-0.3, -0.25) is 29.2 Å². The number of hydroxylamine groups is 1. The Morgan fingerprint density at radius 1 is 0.949 bits per heavy atom. The molecule has 1 spiro atoms. The molecule has 11 heteroatoms. The van der Waals surface area contributed by atoms with Crippen LogP contribution < -0.4 is 21.4 Å². The van der Waals surface area contributed by atoms with Crippen molar-refractivity contribution in [3.05, 3.63) is 35.9 Å². The monoisotopic (exact) mass is 541 g/mol. The van der Waals surface area contributed by atoms with E-state index in [9.17, 15) is 24.0 Å². The highest BCUT2D eigenvalue weighted by Crippen LogP contribution is 2.31. The number of benzene rings is 1. The molecule has 0 bridgehead atoms. The van der Waals surface area contributed by atoms with E-state index in [0.717, 1.165) is 18.4 Å². The zero-order valence-electron chi connectivity index (χ0n) is 22.2. The van der Waals surface area contributed by atoms with E-state index in [1.807, 2.05) is 30.3 Å². The summed E-state index contributed by atoms with van der Waals surface area (Å²) in [7, 11) is 0. The Hall–Kier alpha value is -3.47. The second-order valence-electron chi connectivity index (χ2n) is 10.9. The lowest BCUT2D eigenvalue weighted by molar-refractivity contribution is -0.144. The molecule has 2 heterocycles. The molecule has 1 saturated carbocycles. The van der Waals surface area contributed by atoms with Gasteiger partial charge >= 0.3 is 0 Å². The minimum atomic E-state index is -1.14. The molecule has 2 saturated heterocycles. The number of nitrogens with zero attached hydrogens (tertiary/aromatic N) is 1. The van der Waals surface area contributed by atoms with Crippen LogP contribution in [0, 0.1) is 0 Å². The molecular formula is C28H39N5O6. The predicted molar refractivity (Wildman–Crippen MR) is 141 cm³/mol. The van der Waals surface area contributed by atoms with Crippen LogP contribution in [0.5, 0.6) is 0 Å². The van der Waals surface area contributed by atoms with E-state index in [0.29, 0.717) is 57.9 Å². The van der Waals surface area contributed by atoms with Crippen LogP contribution in [0.2, 0.25) is 0 Å². The molecule has 1 aliphatic carbocycles. The number of amides is 5. The van der Waals surface area contributed by atoms with E-state index in [-0.39, 0.29) is 30.6 Å². The van der Waals surface area contributed by atoms with Crippen LogP contribution in [0.25, 0.3) is 0 Å². The van der Waals surface area contributed by atoms with Crippen LogP contribution in [0.3, 0.4) is 0 Å². The van der Waals surface area contributed by atoms with Gasteiger partial charge in [-0.25, -0.2) is 5.48 Å². The number of fused-ring (bicyclic) bond motifs is 1. The maximum absolute atomic E-state index is 13.8. The Kier molecular flexibility index (Phi) is 9.55. The van der Waals surface area contributed by atoms with Crippen molar-refractivity contribution in [2.45, 2.75) is 101 Å².